The van der Waals surface area contributed by atoms with Crippen LogP contribution in [0.5, 0.6) is 0 Å². The minimum Gasteiger partial charge on any atom is -0.481 e. The molecule has 0 aliphatic rings. The van der Waals surface area contributed by atoms with Crippen molar-refractivity contribution in [3.05, 3.63) is 72.1 Å². The third-order valence-electron chi connectivity index (χ3n) is 5.44. The van der Waals surface area contributed by atoms with Gasteiger partial charge in [0.05, 0.1) is 0 Å². The third kappa shape index (κ3) is 9.29. The topological polar surface area (TPSA) is 124 Å². The van der Waals surface area contributed by atoms with Gasteiger partial charge >= 0.3 is 5.97 Å². The first-order valence-electron chi connectivity index (χ1n) is 12.3. The maximum atomic E-state index is 11.5. The van der Waals surface area contributed by atoms with Crippen molar-refractivity contribution < 1.29 is 14.7 Å². The molecule has 0 saturated carbocycles. The SMILES string of the molecule is CCCN.CCCNC(=O)CCc1c[nH]c2ccccc12.O=C(O)CCc1c[nH]c2ccccc12. The fraction of sp³-hybridized carbons (Fsp3) is 0.357. The number of hydrogen-bond donors (Lipinski definition) is 5. The lowest BCUT2D eigenvalue weighted by Gasteiger charge is -2.02. The molecule has 7 nitrogen and oxygen atoms in total. The van der Waals surface area contributed by atoms with Gasteiger partial charge in [-0.05, 0) is 55.5 Å². The molecule has 0 atom stereocenters. The fourth-order valence-electron chi connectivity index (χ4n) is 3.52. The predicted molar refractivity (Wildman–Crippen MR) is 144 cm³/mol. The van der Waals surface area contributed by atoms with E-state index >= 15 is 0 Å². The van der Waals surface area contributed by atoms with Gasteiger partial charge in [-0.1, -0.05) is 50.2 Å². The van der Waals surface area contributed by atoms with Crippen LogP contribution in [0.3, 0.4) is 0 Å². The molecule has 2 aromatic carbocycles. The van der Waals surface area contributed by atoms with Gasteiger partial charge in [-0.25, -0.2) is 0 Å². The molecule has 0 spiro atoms. The molecule has 0 fully saturated rings. The third-order valence-corrected chi connectivity index (χ3v) is 5.44. The summed E-state index contributed by atoms with van der Waals surface area (Å²) in [6, 6.07) is 16.1. The number of rotatable bonds is 9. The highest BCUT2D eigenvalue weighted by atomic mass is 16.4. The Balaban J connectivity index is 0.000000217. The average molecular weight is 479 g/mol. The molecule has 4 aromatic rings. The Morgan fingerprint density at radius 2 is 1.31 bits per heavy atom. The van der Waals surface area contributed by atoms with Gasteiger partial charge in [-0.15, -0.1) is 0 Å². The van der Waals surface area contributed by atoms with Crippen LogP contribution in [0, 0.1) is 0 Å². The van der Waals surface area contributed by atoms with Crippen LogP contribution in [0.4, 0.5) is 0 Å². The first kappa shape index (κ1) is 27.7. The molecular formula is C28H38N4O3. The number of carbonyl (C=O) groups is 2. The van der Waals surface area contributed by atoms with Crippen molar-refractivity contribution in [2.45, 2.75) is 52.4 Å². The summed E-state index contributed by atoms with van der Waals surface area (Å²) in [5.74, 6) is -0.618. The number of H-pyrrole nitrogens is 2. The van der Waals surface area contributed by atoms with Crippen molar-refractivity contribution in [3.63, 3.8) is 0 Å². The lowest BCUT2D eigenvalue weighted by molar-refractivity contribution is -0.137. The maximum absolute atomic E-state index is 11.5. The first-order valence-corrected chi connectivity index (χ1v) is 12.3. The second kappa shape index (κ2) is 15.3. The van der Waals surface area contributed by atoms with E-state index in [1.54, 1.807) is 0 Å². The minimum atomic E-state index is -0.754. The maximum Gasteiger partial charge on any atom is 0.303 e. The Hall–Kier alpha value is -3.58. The van der Waals surface area contributed by atoms with Gasteiger partial charge in [0.25, 0.3) is 0 Å². The van der Waals surface area contributed by atoms with E-state index in [-0.39, 0.29) is 12.3 Å². The van der Waals surface area contributed by atoms with Gasteiger partial charge in [0.2, 0.25) is 5.91 Å². The van der Waals surface area contributed by atoms with Gasteiger partial charge in [-0.3, -0.25) is 9.59 Å². The van der Waals surface area contributed by atoms with Crippen LogP contribution in [0.1, 0.15) is 50.7 Å². The molecule has 4 rings (SSSR count). The highest BCUT2D eigenvalue weighted by Gasteiger charge is 2.06. The number of benzene rings is 2. The first-order chi connectivity index (χ1) is 17.0. The molecular weight excluding hydrogens is 440 g/mol. The van der Waals surface area contributed by atoms with E-state index in [1.807, 2.05) is 48.8 Å². The second-order valence-corrected chi connectivity index (χ2v) is 8.25. The number of aromatic nitrogens is 2. The van der Waals surface area contributed by atoms with Crippen molar-refractivity contribution in [1.29, 1.82) is 0 Å². The highest BCUT2D eigenvalue weighted by Crippen LogP contribution is 2.19. The predicted octanol–water partition coefficient (Wildman–Crippen LogP) is 5.17. The monoisotopic (exact) mass is 478 g/mol. The van der Waals surface area contributed by atoms with Gasteiger partial charge in [0, 0.05) is 53.6 Å². The molecule has 6 N–H and O–H groups in total. The van der Waals surface area contributed by atoms with Crippen molar-refractivity contribution in [2.24, 2.45) is 5.73 Å². The van der Waals surface area contributed by atoms with Crippen LogP contribution in [0.2, 0.25) is 0 Å². The van der Waals surface area contributed by atoms with Crippen LogP contribution < -0.4 is 11.1 Å². The van der Waals surface area contributed by atoms with Crippen molar-refractivity contribution in [1.82, 2.24) is 15.3 Å². The molecule has 1 amide bonds. The van der Waals surface area contributed by atoms with Crippen LogP contribution in [0.15, 0.2) is 60.9 Å². The number of aliphatic carboxylic acids is 1. The summed E-state index contributed by atoms with van der Waals surface area (Å²) < 4.78 is 0. The molecule has 2 aromatic heterocycles. The number of hydrogen-bond acceptors (Lipinski definition) is 3. The number of carboxylic acid groups (broad SMARTS) is 1. The van der Waals surface area contributed by atoms with E-state index < -0.39 is 5.97 Å². The number of carboxylic acids is 1. The Kier molecular flexibility index (Phi) is 12.1. The molecule has 0 radical (unpaired) electrons. The summed E-state index contributed by atoms with van der Waals surface area (Å²) in [5, 5.41) is 13.8. The van der Waals surface area contributed by atoms with Gasteiger partial charge < -0.3 is 26.1 Å². The number of fused-ring (bicyclic) bond motifs is 2. The number of nitrogens with one attached hydrogen (secondary N) is 3. The Bertz CT molecular complexity index is 1180. The van der Waals surface area contributed by atoms with E-state index in [0.717, 1.165) is 54.3 Å². The molecule has 0 aliphatic heterocycles. The molecule has 2 heterocycles. The molecule has 0 saturated heterocycles. The lowest BCUT2D eigenvalue weighted by atomic mass is 10.1. The smallest absolute Gasteiger partial charge is 0.303 e. The number of para-hydroxylation sites is 2. The second-order valence-electron chi connectivity index (χ2n) is 8.25. The van der Waals surface area contributed by atoms with Crippen LogP contribution in [-0.2, 0) is 22.4 Å². The van der Waals surface area contributed by atoms with Crippen LogP contribution in [0.25, 0.3) is 21.8 Å². The molecule has 35 heavy (non-hydrogen) atoms. The van der Waals surface area contributed by atoms with Gasteiger partial charge in [0.1, 0.15) is 0 Å². The average Bonchev–Trinajstić information content (AvgIpc) is 3.49. The summed E-state index contributed by atoms with van der Waals surface area (Å²) in [6.45, 7) is 5.70. The zero-order valence-electron chi connectivity index (χ0n) is 20.8. The Morgan fingerprint density at radius 1 is 0.829 bits per heavy atom. The summed E-state index contributed by atoms with van der Waals surface area (Å²) in [6.07, 6.45) is 8.08. The number of nitrogens with two attached hydrogens (primary N) is 1. The van der Waals surface area contributed by atoms with E-state index in [1.165, 1.54) is 10.9 Å². The fourth-order valence-corrected chi connectivity index (χ4v) is 3.52. The van der Waals surface area contributed by atoms with Crippen molar-refractivity contribution in [2.75, 3.05) is 13.1 Å². The number of carbonyl (C=O) groups excluding carboxylic acids is 1. The largest absolute Gasteiger partial charge is 0.481 e. The molecule has 0 aliphatic carbocycles. The summed E-state index contributed by atoms with van der Waals surface area (Å²) in [4.78, 5) is 28.3. The van der Waals surface area contributed by atoms with Gasteiger partial charge in [0.15, 0.2) is 0 Å². The van der Waals surface area contributed by atoms with Gasteiger partial charge in [-0.2, -0.15) is 0 Å². The quantitative estimate of drug-likeness (QED) is 0.228. The van der Waals surface area contributed by atoms with E-state index in [0.29, 0.717) is 12.8 Å². The highest BCUT2D eigenvalue weighted by molar-refractivity contribution is 5.84. The van der Waals surface area contributed by atoms with E-state index in [2.05, 4.69) is 41.3 Å². The standard InChI is InChI=1S/C14H18N2O.C11H11NO2.C3H9N/c1-2-9-15-14(17)8-7-11-10-16-13-6-4-3-5-12(11)13;13-11(14)6-5-8-7-12-10-4-2-1-3-9(8)10;1-2-3-4/h3-6,10,16H,2,7-9H2,1H3,(H,15,17);1-4,7,12H,5-6H2,(H,13,14);2-4H2,1H3. The van der Waals surface area contributed by atoms with Crippen LogP contribution >= 0.6 is 0 Å². The van der Waals surface area contributed by atoms with E-state index in [9.17, 15) is 9.59 Å². The Labute approximate surface area is 207 Å². The van der Waals surface area contributed by atoms with Crippen molar-refractivity contribution in [3.8, 4) is 0 Å². The lowest BCUT2D eigenvalue weighted by Crippen LogP contribution is -2.24. The van der Waals surface area contributed by atoms with E-state index in [4.69, 9.17) is 10.8 Å². The zero-order valence-corrected chi connectivity index (χ0v) is 20.8. The molecule has 0 unspecified atom stereocenters. The number of aromatic amines is 2. The van der Waals surface area contributed by atoms with Crippen molar-refractivity contribution >= 4 is 33.7 Å². The number of amides is 1. The molecule has 188 valence electrons. The summed E-state index contributed by atoms with van der Waals surface area (Å²) in [5.41, 5.74) is 9.51. The normalized spacial score (nSPS) is 10.3. The number of aryl methyl sites for hydroxylation is 2. The molecule has 0 bridgehead atoms. The minimum absolute atomic E-state index is 0.136. The van der Waals surface area contributed by atoms with Crippen LogP contribution in [-0.4, -0.2) is 40.0 Å². The summed E-state index contributed by atoms with van der Waals surface area (Å²) >= 11 is 0. The Morgan fingerprint density at radius 3 is 1.77 bits per heavy atom. The summed E-state index contributed by atoms with van der Waals surface area (Å²) in [7, 11) is 0. The zero-order chi connectivity index (χ0) is 25.5. The molecule has 7 heteroatoms.